The molecule has 0 fully saturated rings. The average molecular weight is 350 g/mol. The Bertz CT molecular complexity index is 687. The molecule has 1 atom stereocenters. The zero-order valence-electron chi connectivity index (χ0n) is 11.1. The van der Waals surface area contributed by atoms with Crippen molar-refractivity contribution in [2.75, 3.05) is 11.4 Å². The summed E-state index contributed by atoms with van der Waals surface area (Å²) in [6.07, 6.45) is 0.760. The molecule has 0 spiro atoms. The molecule has 0 amide bonds. The molecule has 0 aromatic heterocycles. The molecule has 3 rings (SSSR count). The molecule has 1 aliphatic heterocycles. The molecule has 1 N–H and O–H groups in total. The summed E-state index contributed by atoms with van der Waals surface area (Å²) in [6, 6.07) is 10.9. The lowest BCUT2D eigenvalue weighted by molar-refractivity contribution is -0.138. The molecule has 0 saturated heterocycles. The van der Waals surface area contributed by atoms with Gasteiger partial charge in [0.25, 0.3) is 0 Å². The van der Waals surface area contributed by atoms with Crippen molar-refractivity contribution < 1.29 is 14.3 Å². The molecular formula is C16H13BrFNO2. The summed E-state index contributed by atoms with van der Waals surface area (Å²) in [5, 5.41) is 9.61. The van der Waals surface area contributed by atoms with Gasteiger partial charge < -0.3 is 10.0 Å². The van der Waals surface area contributed by atoms with E-state index in [2.05, 4.69) is 15.9 Å². The van der Waals surface area contributed by atoms with Crippen LogP contribution in [-0.2, 0) is 11.2 Å². The van der Waals surface area contributed by atoms with Crippen molar-refractivity contribution in [2.24, 2.45) is 0 Å². The van der Waals surface area contributed by atoms with Gasteiger partial charge in [0.15, 0.2) is 6.04 Å². The third-order valence-corrected chi connectivity index (χ3v) is 4.22. The van der Waals surface area contributed by atoms with Crippen LogP contribution in [0, 0.1) is 5.82 Å². The van der Waals surface area contributed by atoms with E-state index in [0.29, 0.717) is 6.54 Å². The first kappa shape index (κ1) is 14.1. The molecule has 108 valence electrons. The average Bonchev–Trinajstić information content (AvgIpc) is 2.46. The van der Waals surface area contributed by atoms with E-state index in [1.807, 2.05) is 18.2 Å². The summed E-state index contributed by atoms with van der Waals surface area (Å²) in [5.41, 5.74) is 2.55. The topological polar surface area (TPSA) is 40.5 Å². The molecule has 1 heterocycles. The minimum absolute atomic E-state index is 0.327. The number of rotatable bonds is 2. The van der Waals surface area contributed by atoms with Crippen LogP contribution in [0.1, 0.15) is 17.2 Å². The minimum atomic E-state index is -0.900. The fraction of sp³-hybridized carbons (Fsp3) is 0.188. The fourth-order valence-electron chi connectivity index (χ4n) is 2.77. The van der Waals surface area contributed by atoms with E-state index in [-0.39, 0.29) is 5.82 Å². The predicted octanol–water partition coefficient (Wildman–Crippen LogP) is 3.78. The maximum absolute atomic E-state index is 13.1. The number of fused-ring (bicyclic) bond motifs is 1. The highest BCUT2D eigenvalue weighted by molar-refractivity contribution is 9.10. The number of hydrogen-bond acceptors (Lipinski definition) is 2. The normalized spacial score (nSPS) is 17.4. The number of nitrogens with zero attached hydrogens (tertiary/aromatic N) is 1. The third-order valence-electron chi connectivity index (χ3n) is 3.73. The van der Waals surface area contributed by atoms with Crippen molar-refractivity contribution in [1.29, 1.82) is 0 Å². The van der Waals surface area contributed by atoms with Crippen molar-refractivity contribution in [3.8, 4) is 0 Å². The highest BCUT2D eigenvalue weighted by Crippen LogP contribution is 2.35. The van der Waals surface area contributed by atoms with Crippen molar-refractivity contribution in [2.45, 2.75) is 12.5 Å². The summed E-state index contributed by atoms with van der Waals surface area (Å²) in [6.45, 7) is 0.589. The van der Waals surface area contributed by atoms with E-state index in [1.54, 1.807) is 17.0 Å². The van der Waals surface area contributed by atoms with Gasteiger partial charge in [0.1, 0.15) is 5.82 Å². The van der Waals surface area contributed by atoms with Gasteiger partial charge in [-0.3, -0.25) is 0 Å². The molecule has 0 saturated carbocycles. The zero-order valence-corrected chi connectivity index (χ0v) is 12.7. The second-order valence-electron chi connectivity index (χ2n) is 5.00. The Balaban J connectivity index is 2.05. The van der Waals surface area contributed by atoms with E-state index >= 15 is 0 Å². The molecule has 2 aromatic carbocycles. The fourth-order valence-corrected chi connectivity index (χ4v) is 3.18. The number of carboxylic acid groups (broad SMARTS) is 1. The molecular weight excluding hydrogens is 337 g/mol. The third kappa shape index (κ3) is 2.65. The van der Waals surface area contributed by atoms with Gasteiger partial charge in [-0.05, 0) is 53.9 Å². The number of aliphatic carboxylic acids is 1. The number of halogens is 2. The smallest absolute Gasteiger partial charge is 0.331 e. The van der Waals surface area contributed by atoms with Crippen LogP contribution in [0.3, 0.4) is 0 Å². The van der Waals surface area contributed by atoms with Gasteiger partial charge in [-0.15, -0.1) is 0 Å². The first-order valence-electron chi connectivity index (χ1n) is 6.59. The molecule has 1 unspecified atom stereocenters. The zero-order chi connectivity index (χ0) is 15.0. The molecule has 21 heavy (non-hydrogen) atoms. The number of benzene rings is 2. The summed E-state index contributed by atoms with van der Waals surface area (Å²) >= 11 is 3.41. The van der Waals surface area contributed by atoms with Crippen molar-refractivity contribution >= 4 is 27.6 Å². The van der Waals surface area contributed by atoms with Crippen molar-refractivity contribution in [3.05, 3.63) is 63.9 Å². The molecule has 0 radical (unpaired) electrons. The standard InChI is InChI=1S/C16H13BrFNO2/c17-11-1-6-14-10(9-11)7-8-19(15(14)16(20)21)13-4-2-12(18)3-5-13/h1-6,9,15H,7-8H2,(H,20,21). The van der Waals surface area contributed by atoms with Gasteiger partial charge in [-0.1, -0.05) is 22.0 Å². The summed E-state index contributed by atoms with van der Waals surface area (Å²) in [5.74, 6) is -1.23. The Hall–Kier alpha value is -1.88. The number of carbonyl (C=O) groups is 1. The second-order valence-corrected chi connectivity index (χ2v) is 5.92. The van der Waals surface area contributed by atoms with Crippen LogP contribution in [-0.4, -0.2) is 17.6 Å². The monoisotopic (exact) mass is 349 g/mol. The summed E-state index contributed by atoms with van der Waals surface area (Å²) < 4.78 is 14.0. The van der Waals surface area contributed by atoms with E-state index < -0.39 is 12.0 Å². The Morgan fingerprint density at radius 2 is 1.95 bits per heavy atom. The lowest BCUT2D eigenvalue weighted by Gasteiger charge is -2.36. The Morgan fingerprint density at radius 1 is 1.24 bits per heavy atom. The largest absolute Gasteiger partial charge is 0.479 e. The van der Waals surface area contributed by atoms with Crippen LogP contribution in [0.2, 0.25) is 0 Å². The van der Waals surface area contributed by atoms with Gasteiger partial charge >= 0.3 is 5.97 Å². The van der Waals surface area contributed by atoms with Crippen LogP contribution in [0.4, 0.5) is 10.1 Å². The SMILES string of the molecule is O=C(O)C1c2ccc(Br)cc2CCN1c1ccc(F)cc1. The van der Waals surface area contributed by atoms with Crippen LogP contribution in [0.5, 0.6) is 0 Å². The van der Waals surface area contributed by atoms with Gasteiger partial charge in [0.05, 0.1) is 0 Å². The van der Waals surface area contributed by atoms with Crippen LogP contribution < -0.4 is 4.90 Å². The number of anilines is 1. The van der Waals surface area contributed by atoms with Gasteiger partial charge in [-0.25, -0.2) is 9.18 Å². The second kappa shape index (κ2) is 5.48. The quantitative estimate of drug-likeness (QED) is 0.896. The van der Waals surface area contributed by atoms with Crippen molar-refractivity contribution in [3.63, 3.8) is 0 Å². The Morgan fingerprint density at radius 3 is 2.62 bits per heavy atom. The minimum Gasteiger partial charge on any atom is -0.479 e. The van der Waals surface area contributed by atoms with Gasteiger partial charge in [-0.2, -0.15) is 0 Å². The highest BCUT2D eigenvalue weighted by atomic mass is 79.9. The molecule has 0 bridgehead atoms. The van der Waals surface area contributed by atoms with Gasteiger partial charge in [0.2, 0.25) is 0 Å². The van der Waals surface area contributed by atoms with Crippen LogP contribution in [0.15, 0.2) is 46.9 Å². The first-order chi connectivity index (χ1) is 10.1. The molecule has 5 heteroatoms. The Kier molecular flexibility index (Phi) is 3.68. The first-order valence-corrected chi connectivity index (χ1v) is 7.39. The lowest BCUT2D eigenvalue weighted by Crippen LogP contribution is -2.39. The van der Waals surface area contributed by atoms with Crippen molar-refractivity contribution in [1.82, 2.24) is 0 Å². The number of hydrogen-bond donors (Lipinski definition) is 1. The van der Waals surface area contributed by atoms with E-state index in [9.17, 15) is 14.3 Å². The molecule has 3 nitrogen and oxygen atoms in total. The van der Waals surface area contributed by atoms with Gasteiger partial charge in [0, 0.05) is 16.7 Å². The molecule has 2 aromatic rings. The highest BCUT2D eigenvalue weighted by Gasteiger charge is 2.33. The molecule has 1 aliphatic rings. The van der Waals surface area contributed by atoms with Crippen LogP contribution in [0.25, 0.3) is 0 Å². The summed E-state index contributed by atoms with van der Waals surface area (Å²) in [7, 11) is 0. The van der Waals surface area contributed by atoms with Crippen LogP contribution >= 0.6 is 15.9 Å². The lowest BCUT2D eigenvalue weighted by atomic mass is 9.92. The summed E-state index contributed by atoms with van der Waals surface area (Å²) in [4.78, 5) is 13.5. The van der Waals surface area contributed by atoms with E-state index in [0.717, 1.165) is 27.7 Å². The van der Waals surface area contributed by atoms with E-state index in [1.165, 1.54) is 12.1 Å². The molecule has 0 aliphatic carbocycles. The van der Waals surface area contributed by atoms with E-state index in [4.69, 9.17) is 0 Å². The predicted molar refractivity (Wildman–Crippen MR) is 82.0 cm³/mol. The maximum atomic E-state index is 13.1. The number of carboxylic acids is 1. The maximum Gasteiger partial charge on any atom is 0.331 e. The Labute approximate surface area is 130 Å².